The number of amides is 1. The molecule has 0 radical (unpaired) electrons. The molecule has 0 aliphatic rings. The van der Waals surface area contributed by atoms with Gasteiger partial charge in [0.25, 0.3) is 11.6 Å². The molecule has 0 heterocycles. The van der Waals surface area contributed by atoms with Crippen LogP contribution in [-0.4, -0.2) is 30.5 Å². The second kappa shape index (κ2) is 10.0. The molecule has 0 aliphatic heterocycles. The topological polar surface area (TPSA) is 111 Å². The standard InChI is InChI=1S/C23H21N3O5/c1-24-21-12-11-18(26(29)30)14-19(21)23(28)31-15-22(27)25-20-10-6-5-9-17(20)13-16-7-3-2-4-8-16/h2-12,14,24H,13,15H2,1H3,(H,25,27). The fourth-order valence-corrected chi connectivity index (χ4v) is 3.04. The first-order valence-electron chi connectivity index (χ1n) is 9.53. The number of nitro benzene ring substituents is 1. The number of anilines is 2. The number of nitrogens with zero attached hydrogens (tertiary/aromatic N) is 1. The predicted octanol–water partition coefficient (Wildman–Crippen LogP) is 4.02. The Morgan fingerprint density at radius 1 is 0.968 bits per heavy atom. The smallest absolute Gasteiger partial charge is 0.341 e. The van der Waals surface area contributed by atoms with Crippen LogP contribution in [0.4, 0.5) is 17.1 Å². The number of rotatable bonds is 8. The van der Waals surface area contributed by atoms with E-state index in [1.165, 1.54) is 12.1 Å². The third-order valence-electron chi connectivity index (χ3n) is 4.57. The molecule has 0 saturated carbocycles. The second-order valence-corrected chi connectivity index (χ2v) is 6.68. The number of nitro groups is 1. The summed E-state index contributed by atoms with van der Waals surface area (Å²) >= 11 is 0. The SMILES string of the molecule is CNc1ccc([N+](=O)[O-])cc1C(=O)OCC(=O)Nc1ccccc1Cc1ccccc1. The van der Waals surface area contributed by atoms with Crippen molar-refractivity contribution in [2.24, 2.45) is 0 Å². The van der Waals surface area contributed by atoms with Crippen molar-refractivity contribution in [3.63, 3.8) is 0 Å². The highest BCUT2D eigenvalue weighted by Gasteiger charge is 2.19. The Morgan fingerprint density at radius 2 is 1.68 bits per heavy atom. The van der Waals surface area contributed by atoms with Crippen LogP contribution in [0.15, 0.2) is 72.8 Å². The summed E-state index contributed by atoms with van der Waals surface area (Å²) in [6, 6.07) is 21.0. The van der Waals surface area contributed by atoms with E-state index in [0.29, 0.717) is 17.8 Å². The minimum absolute atomic E-state index is 0.0195. The molecule has 3 rings (SSSR count). The van der Waals surface area contributed by atoms with Crippen LogP contribution in [0.25, 0.3) is 0 Å². The van der Waals surface area contributed by atoms with E-state index in [1.54, 1.807) is 19.2 Å². The van der Waals surface area contributed by atoms with Crippen molar-refractivity contribution in [3.05, 3.63) is 99.6 Å². The van der Waals surface area contributed by atoms with E-state index in [9.17, 15) is 19.7 Å². The first-order valence-corrected chi connectivity index (χ1v) is 9.53. The summed E-state index contributed by atoms with van der Waals surface area (Å²) in [6.07, 6.45) is 0.635. The lowest BCUT2D eigenvalue weighted by Crippen LogP contribution is -2.22. The monoisotopic (exact) mass is 419 g/mol. The number of non-ortho nitro benzene ring substituents is 1. The number of hydrogen-bond acceptors (Lipinski definition) is 6. The lowest BCUT2D eigenvalue weighted by atomic mass is 10.0. The van der Waals surface area contributed by atoms with Crippen molar-refractivity contribution in [2.45, 2.75) is 6.42 Å². The van der Waals surface area contributed by atoms with Crippen molar-refractivity contribution < 1.29 is 19.2 Å². The number of benzene rings is 3. The average molecular weight is 419 g/mol. The minimum atomic E-state index is -0.833. The van der Waals surface area contributed by atoms with Gasteiger partial charge in [-0.2, -0.15) is 0 Å². The molecule has 8 nitrogen and oxygen atoms in total. The molecule has 31 heavy (non-hydrogen) atoms. The highest BCUT2D eigenvalue weighted by atomic mass is 16.6. The molecule has 0 aliphatic carbocycles. The maximum absolute atomic E-state index is 12.4. The molecule has 2 N–H and O–H groups in total. The molecule has 158 valence electrons. The Labute approximate surface area is 179 Å². The molecule has 0 saturated heterocycles. The van der Waals surface area contributed by atoms with Crippen molar-refractivity contribution in [1.82, 2.24) is 0 Å². The number of hydrogen-bond donors (Lipinski definition) is 2. The lowest BCUT2D eigenvalue weighted by Gasteiger charge is -2.12. The first-order chi connectivity index (χ1) is 15.0. The zero-order valence-electron chi connectivity index (χ0n) is 16.8. The quantitative estimate of drug-likeness (QED) is 0.324. The number of ether oxygens (including phenoxy) is 1. The number of carbonyl (C=O) groups is 2. The maximum Gasteiger partial charge on any atom is 0.341 e. The Balaban J connectivity index is 1.65. The van der Waals surface area contributed by atoms with Gasteiger partial charge in [0.2, 0.25) is 0 Å². The van der Waals surface area contributed by atoms with Crippen molar-refractivity contribution in [2.75, 3.05) is 24.3 Å². The summed E-state index contributed by atoms with van der Waals surface area (Å²) in [4.78, 5) is 35.1. The van der Waals surface area contributed by atoms with Gasteiger partial charge in [-0.05, 0) is 29.7 Å². The fourth-order valence-electron chi connectivity index (χ4n) is 3.04. The third kappa shape index (κ3) is 5.66. The van der Waals surface area contributed by atoms with Crippen LogP contribution in [0.3, 0.4) is 0 Å². The summed E-state index contributed by atoms with van der Waals surface area (Å²) in [5.74, 6) is -1.34. The zero-order valence-corrected chi connectivity index (χ0v) is 16.8. The molecular formula is C23H21N3O5. The molecule has 0 unspecified atom stereocenters. The average Bonchev–Trinajstić information content (AvgIpc) is 2.79. The lowest BCUT2D eigenvalue weighted by molar-refractivity contribution is -0.384. The molecule has 0 spiro atoms. The normalized spacial score (nSPS) is 10.2. The van der Waals surface area contributed by atoms with Crippen molar-refractivity contribution in [3.8, 4) is 0 Å². The van der Waals surface area contributed by atoms with E-state index in [0.717, 1.165) is 17.2 Å². The molecule has 0 fully saturated rings. The van der Waals surface area contributed by atoms with Crippen molar-refractivity contribution >= 4 is 28.9 Å². The summed E-state index contributed by atoms with van der Waals surface area (Å²) in [7, 11) is 1.58. The van der Waals surface area contributed by atoms with Gasteiger partial charge in [-0.25, -0.2) is 4.79 Å². The summed E-state index contributed by atoms with van der Waals surface area (Å²) in [5.41, 5.74) is 2.74. The largest absolute Gasteiger partial charge is 0.452 e. The highest BCUT2D eigenvalue weighted by molar-refractivity contribution is 5.99. The van der Waals surface area contributed by atoms with E-state index < -0.39 is 23.4 Å². The molecule has 0 atom stereocenters. The van der Waals surface area contributed by atoms with Gasteiger partial charge in [0.15, 0.2) is 6.61 Å². The van der Waals surface area contributed by atoms with E-state index >= 15 is 0 Å². The van der Waals surface area contributed by atoms with Gasteiger partial charge in [-0.1, -0.05) is 48.5 Å². The van der Waals surface area contributed by atoms with Crippen LogP contribution in [0.5, 0.6) is 0 Å². The number of carbonyl (C=O) groups excluding carboxylic acids is 2. The molecular weight excluding hydrogens is 398 g/mol. The van der Waals surface area contributed by atoms with Crippen LogP contribution in [0.1, 0.15) is 21.5 Å². The van der Waals surface area contributed by atoms with Crippen LogP contribution >= 0.6 is 0 Å². The number of esters is 1. The fraction of sp³-hybridized carbons (Fsp3) is 0.130. The molecule has 3 aromatic rings. The van der Waals surface area contributed by atoms with Crippen molar-refractivity contribution in [1.29, 1.82) is 0 Å². The van der Waals surface area contributed by atoms with E-state index in [2.05, 4.69) is 10.6 Å². The van der Waals surface area contributed by atoms with Gasteiger partial charge < -0.3 is 15.4 Å². The Kier molecular flexibility index (Phi) is 6.95. The molecule has 8 heteroatoms. The third-order valence-corrected chi connectivity index (χ3v) is 4.57. The Bertz CT molecular complexity index is 1100. The molecule has 3 aromatic carbocycles. The summed E-state index contributed by atoms with van der Waals surface area (Å²) < 4.78 is 5.08. The summed E-state index contributed by atoms with van der Waals surface area (Å²) in [6.45, 7) is -0.523. The van der Waals surface area contributed by atoms with E-state index in [4.69, 9.17) is 4.74 Å². The van der Waals surface area contributed by atoms with Gasteiger partial charge in [0.1, 0.15) is 0 Å². The minimum Gasteiger partial charge on any atom is -0.452 e. The van der Waals surface area contributed by atoms with Gasteiger partial charge in [0.05, 0.1) is 10.5 Å². The zero-order chi connectivity index (χ0) is 22.2. The van der Waals surface area contributed by atoms with Gasteiger partial charge >= 0.3 is 5.97 Å². The Hall–Kier alpha value is -4.20. The van der Waals surface area contributed by atoms with E-state index in [-0.39, 0.29) is 11.3 Å². The second-order valence-electron chi connectivity index (χ2n) is 6.68. The number of para-hydroxylation sites is 1. The van der Waals surface area contributed by atoms with Gasteiger partial charge in [-0.15, -0.1) is 0 Å². The molecule has 1 amide bonds. The first kappa shape index (κ1) is 21.5. The predicted molar refractivity (Wildman–Crippen MR) is 117 cm³/mol. The van der Waals surface area contributed by atoms with Crippen LogP contribution < -0.4 is 10.6 Å². The molecule has 0 aromatic heterocycles. The summed E-state index contributed by atoms with van der Waals surface area (Å²) in [5, 5.41) is 16.5. The highest BCUT2D eigenvalue weighted by Crippen LogP contribution is 2.23. The maximum atomic E-state index is 12.4. The Morgan fingerprint density at radius 3 is 2.39 bits per heavy atom. The van der Waals surface area contributed by atoms with Gasteiger partial charge in [-0.3, -0.25) is 14.9 Å². The van der Waals surface area contributed by atoms with Crippen LogP contribution in [0.2, 0.25) is 0 Å². The van der Waals surface area contributed by atoms with Gasteiger partial charge in [0, 0.05) is 30.6 Å². The molecule has 0 bridgehead atoms. The van der Waals surface area contributed by atoms with Crippen LogP contribution in [-0.2, 0) is 16.0 Å². The van der Waals surface area contributed by atoms with Crippen LogP contribution in [0, 0.1) is 10.1 Å². The van der Waals surface area contributed by atoms with E-state index in [1.807, 2.05) is 42.5 Å². The number of nitrogens with one attached hydrogen (secondary N) is 2.